The van der Waals surface area contributed by atoms with Crippen molar-refractivity contribution >= 4 is 32.6 Å². The van der Waals surface area contributed by atoms with Crippen molar-refractivity contribution in [1.29, 1.82) is 0 Å². The van der Waals surface area contributed by atoms with E-state index in [1.165, 1.54) is 11.3 Å². The van der Waals surface area contributed by atoms with E-state index in [9.17, 15) is 14.0 Å². The van der Waals surface area contributed by atoms with Crippen LogP contribution in [0.3, 0.4) is 0 Å². The first kappa shape index (κ1) is 18.4. The van der Waals surface area contributed by atoms with Crippen molar-refractivity contribution in [2.24, 2.45) is 0 Å². The molecular formula is C21H21FN4O2S. The van der Waals surface area contributed by atoms with Gasteiger partial charge in [0.1, 0.15) is 5.82 Å². The fourth-order valence-corrected chi connectivity index (χ4v) is 4.93. The molecule has 1 N–H and O–H groups in total. The van der Waals surface area contributed by atoms with Gasteiger partial charge in [-0.25, -0.2) is 14.4 Å². The summed E-state index contributed by atoms with van der Waals surface area (Å²) >= 11 is 1.27. The highest BCUT2D eigenvalue weighted by Crippen LogP contribution is 2.48. The summed E-state index contributed by atoms with van der Waals surface area (Å²) in [6.45, 7) is 0.722. The number of carbonyl (C=O) groups is 1. The zero-order valence-electron chi connectivity index (χ0n) is 15.9. The molecule has 6 nitrogen and oxygen atoms in total. The van der Waals surface area contributed by atoms with Crippen LogP contribution in [0.1, 0.15) is 43.5 Å². The topological polar surface area (TPSA) is 79.0 Å². The molecule has 1 aromatic carbocycles. The van der Waals surface area contributed by atoms with Crippen molar-refractivity contribution < 1.29 is 9.18 Å². The van der Waals surface area contributed by atoms with E-state index in [0.29, 0.717) is 35.6 Å². The minimum absolute atomic E-state index is 0.0992. The summed E-state index contributed by atoms with van der Waals surface area (Å²) in [5, 5.41) is 0.620. The molecule has 1 aliphatic carbocycles. The lowest BCUT2D eigenvalue weighted by atomic mass is 10.0. The number of aryl methyl sites for hydroxylation is 1. The maximum absolute atomic E-state index is 14.3. The molecule has 3 aromatic rings. The lowest BCUT2D eigenvalue weighted by Gasteiger charge is -2.22. The van der Waals surface area contributed by atoms with Gasteiger partial charge in [0.05, 0.1) is 6.04 Å². The number of Topliss-reactive ketones (excluding diaryl/α,β-unsaturated/α-hetero) is 1. The van der Waals surface area contributed by atoms with Gasteiger partial charge in [-0.3, -0.25) is 9.59 Å². The fourth-order valence-electron chi connectivity index (χ4n) is 3.91. The van der Waals surface area contributed by atoms with Gasteiger partial charge in [0, 0.05) is 13.0 Å². The summed E-state index contributed by atoms with van der Waals surface area (Å²) in [5.41, 5.74) is -0.544. The molecule has 3 heterocycles. The molecule has 2 aliphatic rings. The minimum atomic E-state index is -1.50. The number of nitrogens with one attached hydrogen (secondary N) is 1. The first-order valence-corrected chi connectivity index (χ1v) is 10.8. The Morgan fingerprint density at radius 3 is 2.83 bits per heavy atom. The monoisotopic (exact) mass is 412 g/mol. The van der Waals surface area contributed by atoms with Crippen molar-refractivity contribution in [3.8, 4) is 0 Å². The Morgan fingerprint density at radius 2 is 2.07 bits per heavy atom. The van der Waals surface area contributed by atoms with Crippen molar-refractivity contribution in [3.05, 3.63) is 52.1 Å². The zero-order valence-corrected chi connectivity index (χ0v) is 16.7. The van der Waals surface area contributed by atoms with Crippen molar-refractivity contribution in [1.82, 2.24) is 15.0 Å². The number of H-pyrrole nitrogens is 1. The van der Waals surface area contributed by atoms with Crippen molar-refractivity contribution in [3.63, 3.8) is 0 Å². The number of anilines is 1. The van der Waals surface area contributed by atoms with Gasteiger partial charge in [-0.05, 0) is 37.7 Å². The van der Waals surface area contributed by atoms with Crippen LogP contribution in [0.15, 0.2) is 35.1 Å². The average Bonchev–Trinajstić information content (AvgIpc) is 3.14. The van der Waals surface area contributed by atoms with Gasteiger partial charge in [0.15, 0.2) is 26.9 Å². The Morgan fingerprint density at radius 1 is 1.28 bits per heavy atom. The smallest absolute Gasteiger partial charge is 0.278 e. The number of thiazole rings is 1. The zero-order chi connectivity index (χ0) is 20.0. The summed E-state index contributed by atoms with van der Waals surface area (Å²) in [5.74, 6) is 0.288. The Labute approximate surface area is 170 Å². The van der Waals surface area contributed by atoms with Crippen LogP contribution in [0, 0.1) is 0 Å². The predicted octanol–water partition coefficient (Wildman–Crippen LogP) is 3.51. The third kappa shape index (κ3) is 3.46. The number of halogens is 1. The molecule has 1 aliphatic heterocycles. The summed E-state index contributed by atoms with van der Waals surface area (Å²) in [6.07, 6.45) is 3.65. The minimum Gasteiger partial charge on any atom is -0.338 e. The summed E-state index contributed by atoms with van der Waals surface area (Å²) in [4.78, 5) is 39.0. The Hall–Kier alpha value is -2.61. The SMILES string of the molecule is O=C(CCc1ccccc1)[C@H]1CCCN1c1nc2c(=O)[nH]c(C3(F)CC3)nc2s1. The van der Waals surface area contributed by atoms with E-state index in [1.807, 2.05) is 35.2 Å². The number of ketones is 1. The molecule has 0 unspecified atom stereocenters. The lowest BCUT2D eigenvalue weighted by Crippen LogP contribution is -2.36. The molecular weight excluding hydrogens is 391 g/mol. The number of carbonyl (C=O) groups excluding carboxylic acids is 1. The highest BCUT2D eigenvalue weighted by Gasteiger charge is 2.48. The number of aromatic amines is 1. The van der Waals surface area contributed by atoms with Crippen LogP contribution >= 0.6 is 11.3 Å². The number of aromatic nitrogens is 3. The Kier molecular flexibility index (Phi) is 4.46. The average molecular weight is 412 g/mol. The van der Waals surface area contributed by atoms with Crippen molar-refractivity contribution in [2.45, 2.75) is 50.2 Å². The molecule has 8 heteroatoms. The second-order valence-electron chi connectivity index (χ2n) is 7.83. The second-order valence-corrected chi connectivity index (χ2v) is 8.79. The van der Waals surface area contributed by atoms with Crippen LogP contribution in [-0.4, -0.2) is 33.3 Å². The molecule has 5 rings (SSSR count). The van der Waals surface area contributed by atoms with E-state index < -0.39 is 11.2 Å². The number of rotatable bonds is 6. The van der Waals surface area contributed by atoms with Crippen LogP contribution in [-0.2, 0) is 16.9 Å². The summed E-state index contributed by atoms with van der Waals surface area (Å²) in [7, 11) is 0. The number of fused-ring (bicyclic) bond motifs is 1. The van der Waals surface area contributed by atoms with E-state index >= 15 is 0 Å². The van der Waals surface area contributed by atoms with Crippen LogP contribution in [0.5, 0.6) is 0 Å². The normalized spacial score (nSPS) is 20.3. The van der Waals surface area contributed by atoms with E-state index in [0.717, 1.165) is 24.9 Å². The van der Waals surface area contributed by atoms with Gasteiger partial charge >= 0.3 is 0 Å². The summed E-state index contributed by atoms with van der Waals surface area (Å²) in [6, 6.07) is 9.75. The number of benzene rings is 1. The van der Waals surface area contributed by atoms with Crippen LogP contribution in [0.25, 0.3) is 10.3 Å². The van der Waals surface area contributed by atoms with Crippen molar-refractivity contribution in [2.75, 3.05) is 11.4 Å². The number of hydrogen-bond donors (Lipinski definition) is 1. The van der Waals surface area contributed by atoms with Gasteiger partial charge in [-0.15, -0.1) is 0 Å². The standard InChI is InChI=1S/C21H21FN4O2S/c22-21(10-11-21)19-24-17(28)16-18(25-19)29-20(23-16)26-12-4-7-14(26)15(27)9-8-13-5-2-1-3-6-13/h1-3,5-6,14H,4,7-12H2,(H,24,25,28)/t14-/m1/s1. The molecule has 1 saturated heterocycles. The Bertz CT molecular complexity index is 1120. The first-order chi connectivity index (χ1) is 14.0. The van der Waals surface area contributed by atoms with E-state index in [-0.39, 0.29) is 23.2 Å². The van der Waals surface area contributed by atoms with E-state index in [2.05, 4.69) is 15.0 Å². The molecule has 1 saturated carbocycles. The molecule has 0 spiro atoms. The fraction of sp³-hybridized carbons (Fsp3) is 0.429. The molecule has 2 fully saturated rings. The van der Waals surface area contributed by atoms with E-state index in [4.69, 9.17) is 0 Å². The number of nitrogens with zero attached hydrogens (tertiary/aromatic N) is 3. The summed E-state index contributed by atoms with van der Waals surface area (Å²) < 4.78 is 14.3. The maximum atomic E-state index is 14.3. The highest BCUT2D eigenvalue weighted by atomic mass is 32.1. The van der Waals surface area contributed by atoms with Gasteiger partial charge in [-0.1, -0.05) is 41.7 Å². The molecule has 2 aromatic heterocycles. The van der Waals surface area contributed by atoms with Gasteiger partial charge in [-0.2, -0.15) is 0 Å². The molecule has 1 atom stereocenters. The molecule has 0 amide bonds. The van der Waals surface area contributed by atoms with Crippen LogP contribution in [0.2, 0.25) is 0 Å². The third-order valence-corrected chi connectivity index (χ3v) is 6.73. The largest absolute Gasteiger partial charge is 0.338 e. The van der Waals surface area contributed by atoms with E-state index in [1.54, 1.807) is 0 Å². The molecule has 150 valence electrons. The number of hydrogen-bond acceptors (Lipinski definition) is 6. The first-order valence-electron chi connectivity index (χ1n) is 9.97. The highest BCUT2D eigenvalue weighted by molar-refractivity contribution is 7.21. The van der Waals surface area contributed by atoms with Crippen LogP contribution in [0.4, 0.5) is 9.52 Å². The van der Waals surface area contributed by atoms with Gasteiger partial charge in [0.25, 0.3) is 5.56 Å². The van der Waals surface area contributed by atoms with Gasteiger partial charge < -0.3 is 9.88 Å². The maximum Gasteiger partial charge on any atom is 0.278 e. The van der Waals surface area contributed by atoms with Crippen LogP contribution < -0.4 is 10.5 Å². The Balaban J connectivity index is 1.38. The third-order valence-electron chi connectivity index (χ3n) is 5.74. The molecule has 29 heavy (non-hydrogen) atoms. The number of alkyl halides is 1. The molecule has 0 radical (unpaired) electrons. The quantitative estimate of drug-likeness (QED) is 0.670. The lowest BCUT2D eigenvalue weighted by molar-refractivity contribution is -0.120. The van der Waals surface area contributed by atoms with Gasteiger partial charge in [0.2, 0.25) is 0 Å². The molecule has 0 bridgehead atoms. The predicted molar refractivity (Wildman–Crippen MR) is 110 cm³/mol. The second kappa shape index (κ2) is 7.02.